The molecule has 0 spiro atoms. The van der Waals surface area contributed by atoms with Crippen LogP contribution in [-0.2, 0) is 4.79 Å². The molecule has 6 nitrogen and oxygen atoms in total. The highest BCUT2D eigenvalue weighted by Gasteiger charge is 2.12. The molecular weight excluding hydrogens is 342 g/mol. The lowest BCUT2D eigenvalue weighted by Crippen LogP contribution is -2.26. The highest BCUT2D eigenvalue weighted by atomic mass is 32.1. The Bertz CT molecular complexity index is 702. The molecule has 0 aliphatic rings. The van der Waals surface area contributed by atoms with Crippen LogP contribution in [0.1, 0.15) is 16.5 Å². The first-order valence-electron chi connectivity index (χ1n) is 7.56. The average molecular weight is 363 g/mol. The first kappa shape index (κ1) is 18.8. The molecular formula is C18H21NO5S. The zero-order valence-corrected chi connectivity index (χ0v) is 15.1. The van der Waals surface area contributed by atoms with Crippen molar-refractivity contribution < 1.29 is 24.1 Å². The Morgan fingerprint density at radius 3 is 2.44 bits per heavy atom. The standard InChI is InChI=1S/C18H21NO5S/c1-22-14-9-12(10-15(23-2)18(14)24-3)6-7-17(21)19-11-13(20)16-5-4-8-25-16/h4-10,13,20H,11H2,1-3H3,(H,19,21). The topological polar surface area (TPSA) is 77.0 Å². The summed E-state index contributed by atoms with van der Waals surface area (Å²) in [7, 11) is 4.59. The number of thiophene rings is 1. The molecule has 0 bridgehead atoms. The predicted octanol–water partition coefficient (Wildman–Crippen LogP) is 2.64. The van der Waals surface area contributed by atoms with Gasteiger partial charge in [-0.15, -0.1) is 11.3 Å². The van der Waals surface area contributed by atoms with Crippen molar-refractivity contribution in [1.29, 1.82) is 0 Å². The summed E-state index contributed by atoms with van der Waals surface area (Å²) in [5.74, 6) is 1.21. The smallest absolute Gasteiger partial charge is 0.244 e. The summed E-state index contributed by atoms with van der Waals surface area (Å²) in [6, 6.07) is 7.17. The van der Waals surface area contributed by atoms with Gasteiger partial charge >= 0.3 is 0 Å². The maximum Gasteiger partial charge on any atom is 0.244 e. The number of carbonyl (C=O) groups excluding carboxylic acids is 1. The minimum atomic E-state index is -0.710. The van der Waals surface area contributed by atoms with E-state index in [-0.39, 0.29) is 12.5 Å². The number of hydrogen-bond donors (Lipinski definition) is 2. The van der Waals surface area contributed by atoms with Gasteiger partial charge in [0.25, 0.3) is 0 Å². The van der Waals surface area contributed by atoms with E-state index < -0.39 is 6.10 Å². The summed E-state index contributed by atoms with van der Waals surface area (Å²) in [5, 5.41) is 14.5. The Labute approximate surface area is 150 Å². The monoisotopic (exact) mass is 363 g/mol. The number of nitrogens with one attached hydrogen (secondary N) is 1. The van der Waals surface area contributed by atoms with Crippen LogP contribution in [0.4, 0.5) is 0 Å². The quantitative estimate of drug-likeness (QED) is 0.705. The first-order valence-corrected chi connectivity index (χ1v) is 8.44. The van der Waals surface area contributed by atoms with E-state index in [1.807, 2.05) is 17.5 Å². The van der Waals surface area contributed by atoms with Crippen LogP contribution >= 0.6 is 11.3 Å². The molecule has 1 aromatic carbocycles. The summed E-state index contributed by atoms with van der Waals surface area (Å²) in [6.45, 7) is 0.152. The van der Waals surface area contributed by atoms with E-state index in [9.17, 15) is 9.90 Å². The molecule has 134 valence electrons. The van der Waals surface area contributed by atoms with Gasteiger partial charge in [0, 0.05) is 17.5 Å². The van der Waals surface area contributed by atoms with E-state index in [0.29, 0.717) is 17.2 Å². The van der Waals surface area contributed by atoms with Gasteiger partial charge in [-0.3, -0.25) is 4.79 Å². The van der Waals surface area contributed by atoms with E-state index in [2.05, 4.69) is 5.32 Å². The number of aliphatic hydroxyl groups is 1. The molecule has 0 saturated carbocycles. The van der Waals surface area contributed by atoms with Gasteiger partial charge in [0.2, 0.25) is 11.7 Å². The van der Waals surface area contributed by atoms with Crippen molar-refractivity contribution in [3.8, 4) is 17.2 Å². The summed E-state index contributed by atoms with van der Waals surface area (Å²) in [4.78, 5) is 12.7. The Morgan fingerprint density at radius 1 is 1.24 bits per heavy atom. The fraction of sp³-hybridized carbons (Fsp3) is 0.278. The fourth-order valence-corrected chi connectivity index (χ4v) is 2.92. The Hall–Kier alpha value is -2.51. The molecule has 1 unspecified atom stereocenters. The molecule has 1 heterocycles. The maximum atomic E-state index is 11.9. The number of rotatable bonds is 8. The third kappa shape index (κ3) is 4.98. The minimum Gasteiger partial charge on any atom is -0.493 e. The number of carbonyl (C=O) groups is 1. The summed E-state index contributed by atoms with van der Waals surface area (Å²) in [6.07, 6.45) is 2.32. The molecule has 0 aliphatic heterocycles. The second-order valence-corrected chi connectivity index (χ2v) is 6.05. The Kier molecular flexibility index (Phi) is 6.85. The van der Waals surface area contributed by atoms with Crippen molar-refractivity contribution in [1.82, 2.24) is 5.32 Å². The number of hydrogen-bond acceptors (Lipinski definition) is 6. The fourth-order valence-electron chi connectivity index (χ4n) is 2.21. The first-order chi connectivity index (χ1) is 12.1. The molecule has 0 radical (unpaired) electrons. The highest BCUT2D eigenvalue weighted by molar-refractivity contribution is 7.10. The van der Waals surface area contributed by atoms with Crippen molar-refractivity contribution in [2.75, 3.05) is 27.9 Å². The van der Waals surface area contributed by atoms with E-state index >= 15 is 0 Å². The molecule has 1 amide bonds. The summed E-state index contributed by atoms with van der Waals surface area (Å²) in [5.41, 5.74) is 0.725. The largest absolute Gasteiger partial charge is 0.493 e. The molecule has 0 saturated heterocycles. The zero-order chi connectivity index (χ0) is 18.2. The Balaban J connectivity index is 2.01. The molecule has 2 rings (SSSR count). The van der Waals surface area contributed by atoms with Crippen molar-refractivity contribution in [2.45, 2.75) is 6.10 Å². The molecule has 25 heavy (non-hydrogen) atoms. The van der Waals surface area contributed by atoms with Gasteiger partial charge in [0.1, 0.15) is 6.10 Å². The van der Waals surface area contributed by atoms with Crippen LogP contribution in [0, 0.1) is 0 Å². The van der Waals surface area contributed by atoms with Gasteiger partial charge in [-0.05, 0) is 35.2 Å². The van der Waals surface area contributed by atoms with Crippen molar-refractivity contribution in [3.05, 3.63) is 46.2 Å². The van der Waals surface area contributed by atoms with Crippen LogP contribution in [0.25, 0.3) is 6.08 Å². The normalized spacial score (nSPS) is 12.0. The maximum absolute atomic E-state index is 11.9. The highest BCUT2D eigenvalue weighted by Crippen LogP contribution is 2.38. The van der Waals surface area contributed by atoms with Crippen LogP contribution in [0.15, 0.2) is 35.7 Å². The zero-order valence-electron chi connectivity index (χ0n) is 14.3. The number of amides is 1. The Morgan fingerprint density at radius 2 is 1.92 bits per heavy atom. The second-order valence-electron chi connectivity index (χ2n) is 5.07. The average Bonchev–Trinajstić information content (AvgIpc) is 3.18. The van der Waals surface area contributed by atoms with Gasteiger partial charge < -0.3 is 24.6 Å². The third-order valence-corrected chi connectivity index (χ3v) is 4.43. The molecule has 2 N–H and O–H groups in total. The summed E-state index contributed by atoms with van der Waals surface area (Å²) < 4.78 is 15.8. The van der Waals surface area contributed by atoms with Gasteiger partial charge in [-0.1, -0.05) is 6.07 Å². The number of benzene rings is 1. The predicted molar refractivity (Wildman–Crippen MR) is 97.4 cm³/mol. The number of methoxy groups -OCH3 is 3. The van der Waals surface area contributed by atoms with E-state index in [0.717, 1.165) is 10.4 Å². The molecule has 2 aromatic rings. The van der Waals surface area contributed by atoms with Gasteiger partial charge in [0.05, 0.1) is 21.3 Å². The molecule has 0 fully saturated rings. The minimum absolute atomic E-state index is 0.152. The van der Waals surface area contributed by atoms with Crippen molar-refractivity contribution >= 4 is 23.3 Å². The molecule has 0 aliphatic carbocycles. The lowest BCUT2D eigenvalue weighted by Gasteiger charge is -2.12. The lowest BCUT2D eigenvalue weighted by molar-refractivity contribution is -0.116. The van der Waals surface area contributed by atoms with Gasteiger partial charge in [-0.25, -0.2) is 0 Å². The van der Waals surface area contributed by atoms with Crippen molar-refractivity contribution in [3.63, 3.8) is 0 Å². The molecule has 7 heteroatoms. The van der Waals surface area contributed by atoms with E-state index in [1.165, 1.54) is 38.7 Å². The van der Waals surface area contributed by atoms with Crippen LogP contribution in [0.5, 0.6) is 17.2 Å². The van der Waals surface area contributed by atoms with Crippen LogP contribution in [-0.4, -0.2) is 38.9 Å². The number of aliphatic hydroxyl groups excluding tert-OH is 1. The van der Waals surface area contributed by atoms with Crippen LogP contribution in [0.2, 0.25) is 0 Å². The van der Waals surface area contributed by atoms with E-state index in [1.54, 1.807) is 18.2 Å². The molecule has 1 aromatic heterocycles. The van der Waals surface area contributed by atoms with Gasteiger partial charge in [-0.2, -0.15) is 0 Å². The SMILES string of the molecule is COc1cc(C=CC(=O)NCC(O)c2cccs2)cc(OC)c1OC. The molecule has 1 atom stereocenters. The van der Waals surface area contributed by atoms with Crippen LogP contribution in [0.3, 0.4) is 0 Å². The van der Waals surface area contributed by atoms with Gasteiger partial charge in [0.15, 0.2) is 11.5 Å². The van der Waals surface area contributed by atoms with Crippen molar-refractivity contribution in [2.24, 2.45) is 0 Å². The summed E-state index contributed by atoms with van der Waals surface area (Å²) >= 11 is 1.45. The lowest BCUT2D eigenvalue weighted by atomic mass is 10.1. The van der Waals surface area contributed by atoms with Crippen LogP contribution < -0.4 is 19.5 Å². The van der Waals surface area contributed by atoms with E-state index in [4.69, 9.17) is 14.2 Å². The second kappa shape index (κ2) is 9.10. The number of ether oxygens (including phenoxy) is 3. The third-order valence-electron chi connectivity index (χ3n) is 3.46.